The molecule has 2 nitrogen and oxygen atoms in total. The number of ether oxygens (including phenoxy) is 1. The van der Waals surface area contributed by atoms with E-state index in [2.05, 4.69) is 0 Å². The Morgan fingerprint density at radius 3 is 2.45 bits per heavy atom. The first kappa shape index (κ1) is 10.4. The maximum Gasteiger partial charge on any atom is 0.308 e. The number of hydrogen-bond donors (Lipinski definition) is 0. The molecular weight excluding hydrogens is 147 g/mol. The first-order valence-electron chi connectivity index (χ1n) is 3.89. The van der Waals surface area contributed by atoms with Crippen molar-refractivity contribution in [2.24, 2.45) is 0 Å². The molecule has 66 valence electrons. The van der Waals surface area contributed by atoms with Crippen molar-refractivity contribution in [1.29, 1.82) is 0 Å². The summed E-state index contributed by atoms with van der Waals surface area (Å²) in [6, 6.07) is 0. The highest BCUT2D eigenvalue weighted by molar-refractivity contribution is 5.70. The van der Waals surface area contributed by atoms with Gasteiger partial charge in [0.05, 0.1) is 12.5 Å². The van der Waals surface area contributed by atoms with E-state index in [9.17, 15) is 9.18 Å². The molecule has 0 fully saturated rings. The molecule has 0 aromatic rings. The number of esters is 1. The predicted octanol–water partition coefficient (Wildman–Crippen LogP) is 2.08. The quantitative estimate of drug-likeness (QED) is 0.591. The number of hydrogen-bond acceptors (Lipinski definition) is 2. The zero-order valence-corrected chi connectivity index (χ0v) is 7.26. The van der Waals surface area contributed by atoms with Gasteiger partial charge in [0.1, 0.15) is 6.17 Å². The lowest BCUT2D eigenvalue weighted by molar-refractivity contribution is -0.148. The fourth-order valence-electron chi connectivity index (χ4n) is 0.636. The molecule has 0 saturated carbocycles. The number of alkyl halides is 1. The molecule has 0 aliphatic heterocycles. The highest BCUT2D eigenvalue weighted by Crippen LogP contribution is 2.04. The Morgan fingerprint density at radius 1 is 1.55 bits per heavy atom. The van der Waals surface area contributed by atoms with Crippen LogP contribution in [-0.4, -0.2) is 18.2 Å². The average Bonchev–Trinajstić information content (AvgIpc) is 1.85. The van der Waals surface area contributed by atoms with Crippen LogP contribution in [0.25, 0.3) is 0 Å². The van der Waals surface area contributed by atoms with Crippen molar-refractivity contribution in [2.45, 2.75) is 45.9 Å². The van der Waals surface area contributed by atoms with Crippen molar-refractivity contribution >= 4 is 5.97 Å². The van der Waals surface area contributed by atoms with E-state index >= 15 is 0 Å². The molecule has 0 N–H and O–H groups in total. The molecule has 0 bridgehead atoms. The van der Waals surface area contributed by atoms with Crippen LogP contribution >= 0.6 is 0 Å². The van der Waals surface area contributed by atoms with Crippen molar-refractivity contribution in [3.05, 3.63) is 0 Å². The third kappa shape index (κ3) is 5.83. The average molecular weight is 162 g/mol. The smallest absolute Gasteiger partial charge is 0.308 e. The number of carbonyl (C=O) groups excluding carboxylic acids is 1. The van der Waals surface area contributed by atoms with Crippen molar-refractivity contribution in [3.63, 3.8) is 0 Å². The van der Waals surface area contributed by atoms with Crippen molar-refractivity contribution < 1.29 is 13.9 Å². The third-order valence-corrected chi connectivity index (χ3v) is 1.20. The zero-order valence-electron chi connectivity index (χ0n) is 7.26. The van der Waals surface area contributed by atoms with Gasteiger partial charge in [0.15, 0.2) is 0 Å². The molecular formula is C8H15FO2. The molecule has 0 aromatic heterocycles. The van der Waals surface area contributed by atoms with Gasteiger partial charge in [-0.15, -0.1) is 0 Å². The summed E-state index contributed by atoms with van der Waals surface area (Å²) in [6.07, 6.45) is -0.949. The monoisotopic (exact) mass is 162 g/mol. The Kier molecular flexibility index (Phi) is 4.83. The Balaban J connectivity index is 3.52. The molecule has 0 radical (unpaired) electrons. The Morgan fingerprint density at radius 2 is 2.09 bits per heavy atom. The van der Waals surface area contributed by atoms with Gasteiger partial charge in [-0.2, -0.15) is 0 Å². The number of rotatable bonds is 4. The molecule has 3 heteroatoms. The molecule has 0 heterocycles. The van der Waals surface area contributed by atoms with E-state index in [-0.39, 0.29) is 12.5 Å². The predicted molar refractivity (Wildman–Crippen MR) is 41.0 cm³/mol. The summed E-state index contributed by atoms with van der Waals surface area (Å²) in [5.41, 5.74) is 0. The second kappa shape index (κ2) is 5.10. The lowest BCUT2D eigenvalue weighted by Crippen LogP contribution is -2.15. The van der Waals surface area contributed by atoms with Gasteiger partial charge in [0, 0.05) is 0 Å². The van der Waals surface area contributed by atoms with Crippen molar-refractivity contribution in [1.82, 2.24) is 0 Å². The van der Waals surface area contributed by atoms with Gasteiger partial charge in [-0.05, 0) is 20.3 Å². The molecule has 0 aromatic carbocycles. The molecule has 0 amide bonds. The molecule has 11 heavy (non-hydrogen) atoms. The largest absolute Gasteiger partial charge is 0.463 e. The summed E-state index contributed by atoms with van der Waals surface area (Å²) in [4.78, 5) is 10.8. The highest BCUT2D eigenvalue weighted by Gasteiger charge is 2.12. The van der Waals surface area contributed by atoms with E-state index < -0.39 is 12.1 Å². The Bertz CT molecular complexity index is 123. The molecule has 0 aliphatic rings. The minimum absolute atomic E-state index is 0.116. The summed E-state index contributed by atoms with van der Waals surface area (Å²) < 4.78 is 17.3. The summed E-state index contributed by atoms with van der Waals surface area (Å²) >= 11 is 0. The normalized spacial score (nSPS) is 13.2. The SMILES string of the molecule is CC[C@@H](F)CC(=O)OC(C)C. The van der Waals surface area contributed by atoms with Crippen LogP contribution in [0.2, 0.25) is 0 Å². The maximum atomic E-state index is 12.5. The zero-order chi connectivity index (χ0) is 8.85. The number of carbonyl (C=O) groups is 1. The van der Waals surface area contributed by atoms with Crippen LogP contribution in [0.5, 0.6) is 0 Å². The van der Waals surface area contributed by atoms with Gasteiger partial charge in [-0.25, -0.2) is 4.39 Å². The van der Waals surface area contributed by atoms with Crippen molar-refractivity contribution in [3.8, 4) is 0 Å². The second-order valence-corrected chi connectivity index (χ2v) is 2.75. The molecule has 0 spiro atoms. The van der Waals surface area contributed by atoms with E-state index in [0.29, 0.717) is 6.42 Å². The molecule has 0 rings (SSSR count). The first-order valence-corrected chi connectivity index (χ1v) is 3.89. The Hall–Kier alpha value is -0.600. The summed E-state index contributed by atoms with van der Waals surface area (Å²) in [5.74, 6) is -0.450. The van der Waals surface area contributed by atoms with E-state index in [1.54, 1.807) is 20.8 Å². The van der Waals surface area contributed by atoms with E-state index in [4.69, 9.17) is 4.74 Å². The van der Waals surface area contributed by atoms with Crippen LogP contribution in [0.15, 0.2) is 0 Å². The summed E-state index contributed by atoms with van der Waals surface area (Å²) in [7, 11) is 0. The number of halogens is 1. The fraction of sp³-hybridized carbons (Fsp3) is 0.875. The molecule has 0 unspecified atom stereocenters. The van der Waals surface area contributed by atoms with E-state index in [1.807, 2.05) is 0 Å². The van der Waals surface area contributed by atoms with Gasteiger partial charge in [-0.3, -0.25) is 4.79 Å². The summed E-state index contributed by atoms with van der Waals surface area (Å²) in [5, 5.41) is 0. The maximum absolute atomic E-state index is 12.5. The Labute approximate surface area is 66.7 Å². The first-order chi connectivity index (χ1) is 5.06. The molecule has 0 saturated heterocycles. The van der Waals surface area contributed by atoms with Gasteiger partial charge in [0.25, 0.3) is 0 Å². The van der Waals surface area contributed by atoms with Gasteiger partial charge in [0.2, 0.25) is 0 Å². The van der Waals surface area contributed by atoms with Crippen LogP contribution in [0.4, 0.5) is 4.39 Å². The standard InChI is InChI=1S/C8H15FO2/c1-4-7(9)5-8(10)11-6(2)3/h6-7H,4-5H2,1-3H3/t7-/m1/s1. The van der Waals surface area contributed by atoms with Crippen LogP contribution in [0, 0.1) is 0 Å². The molecule has 1 atom stereocenters. The van der Waals surface area contributed by atoms with Gasteiger partial charge >= 0.3 is 5.97 Å². The van der Waals surface area contributed by atoms with Crippen LogP contribution < -0.4 is 0 Å². The second-order valence-electron chi connectivity index (χ2n) is 2.75. The molecule has 0 aliphatic carbocycles. The minimum Gasteiger partial charge on any atom is -0.463 e. The lowest BCUT2D eigenvalue weighted by Gasteiger charge is -2.08. The van der Waals surface area contributed by atoms with Crippen LogP contribution in [0.1, 0.15) is 33.6 Å². The highest BCUT2D eigenvalue weighted by atomic mass is 19.1. The van der Waals surface area contributed by atoms with E-state index in [1.165, 1.54) is 0 Å². The lowest BCUT2D eigenvalue weighted by atomic mass is 10.2. The van der Waals surface area contributed by atoms with Gasteiger partial charge in [-0.1, -0.05) is 6.92 Å². The fourth-order valence-corrected chi connectivity index (χ4v) is 0.636. The summed E-state index contributed by atoms with van der Waals surface area (Å²) in [6.45, 7) is 5.20. The van der Waals surface area contributed by atoms with E-state index in [0.717, 1.165) is 0 Å². The minimum atomic E-state index is -1.05. The third-order valence-electron chi connectivity index (χ3n) is 1.20. The topological polar surface area (TPSA) is 26.3 Å². The van der Waals surface area contributed by atoms with Crippen LogP contribution in [0.3, 0.4) is 0 Å². The van der Waals surface area contributed by atoms with Crippen LogP contribution in [-0.2, 0) is 9.53 Å². The van der Waals surface area contributed by atoms with Crippen molar-refractivity contribution in [2.75, 3.05) is 0 Å². The van der Waals surface area contributed by atoms with Gasteiger partial charge < -0.3 is 4.74 Å².